The Bertz CT molecular complexity index is 769. The molecule has 3 N–H and O–H groups in total. The molecule has 0 atom stereocenters. The van der Waals surface area contributed by atoms with Gasteiger partial charge in [0.05, 0.1) is 0 Å². The van der Waals surface area contributed by atoms with Crippen LogP contribution in [0, 0.1) is 0 Å². The zero-order valence-corrected chi connectivity index (χ0v) is 18.0. The molecule has 7 nitrogen and oxygen atoms in total. The summed E-state index contributed by atoms with van der Waals surface area (Å²) in [6.07, 6.45) is 2.25. The highest BCUT2D eigenvalue weighted by Gasteiger charge is 2.18. The Morgan fingerprint density at radius 2 is 1.76 bits per heavy atom. The fraction of sp³-hybridized carbons (Fsp3) is 0.350. The van der Waals surface area contributed by atoms with Gasteiger partial charge < -0.3 is 15.7 Å². The van der Waals surface area contributed by atoms with E-state index in [4.69, 9.17) is 0 Å². The molecule has 1 aromatic heterocycles. The van der Waals surface area contributed by atoms with E-state index in [0.29, 0.717) is 17.7 Å². The first kappa shape index (κ1) is 26.8. The van der Waals surface area contributed by atoms with E-state index in [1.54, 1.807) is 24.3 Å². The fourth-order valence-electron chi connectivity index (χ4n) is 3.04. The Morgan fingerprint density at radius 1 is 1.03 bits per heavy atom. The van der Waals surface area contributed by atoms with Crippen LogP contribution < -0.4 is 10.2 Å². The molecule has 0 aliphatic carbocycles. The molecule has 1 fully saturated rings. The molecular weight excluding hydrogens is 415 g/mol. The van der Waals surface area contributed by atoms with Gasteiger partial charge in [-0.3, -0.25) is 14.5 Å². The molecule has 3 rings (SSSR count). The van der Waals surface area contributed by atoms with Crippen molar-refractivity contribution in [2.24, 2.45) is 0 Å². The van der Waals surface area contributed by atoms with Gasteiger partial charge in [0.15, 0.2) is 5.78 Å². The molecule has 1 amide bonds. The lowest BCUT2D eigenvalue weighted by Crippen LogP contribution is -2.47. The number of amides is 1. The van der Waals surface area contributed by atoms with Crippen molar-refractivity contribution in [3.63, 3.8) is 0 Å². The number of nitrogens with one attached hydrogen (secondary N) is 1. The number of hydrogen-bond donors (Lipinski definition) is 1. The number of hydrogen-bond acceptors (Lipinski definition) is 5. The molecule has 0 spiro atoms. The first-order chi connectivity index (χ1) is 12.6. The third kappa shape index (κ3) is 7.98. The van der Waals surface area contributed by atoms with Crippen molar-refractivity contribution in [1.82, 2.24) is 9.88 Å². The highest BCUT2D eigenvalue weighted by atomic mass is 35.5. The van der Waals surface area contributed by atoms with Gasteiger partial charge in [-0.15, -0.1) is 24.8 Å². The standard InChI is InChI=1S/C20H24N4O2.2ClH.H2O/c1-16(25)17-5-4-6-18(15-17)22-20(26)8-10-23-11-13-24(14-12-23)19-7-2-3-9-21-19;;;/h2-7,9,15H,8,10-14H2,1H3,(H,22,26);2*1H;1H2. The molecule has 0 saturated carbocycles. The van der Waals surface area contributed by atoms with E-state index >= 15 is 0 Å². The second-order valence-corrected chi connectivity index (χ2v) is 6.45. The number of rotatable bonds is 6. The molecule has 1 aliphatic heterocycles. The van der Waals surface area contributed by atoms with Crippen LogP contribution in [0.2, 0.25) is 0 Å². The van der Waals surface area contributed by atoms with E-state index in [1.807, 2.05) is 24.4 Å². The van der Waals surface area contributed by atoms with Gasteiger partial charge in [-0.25, -0.2) is 4.98 Å². The number of piperazine rings is 1. The number of anilines is 2. The molecular formula is C20H28Cl2N4O3. The van der Waals surface area contributed by atoms with E-state index in [9.17, 15) is 9.59 Å². The van der Waals surface area contributed by atoms with Crippen LogP contribution in [0.5, 0.6) is 0 Å². The molecule has 0 radical (unpaired) electrons. The maximum absolute atomic E-state index is 12.2. The van der Waals surface area contributed by atoms with Crippen LogP contribution >= 0.6 is 24.8 Å². The second kappa shape index (κ2) is 13.1. The van der Waals surface area contributed by atoms with Crippen molar-refractivity contribution in [3.8, 4) is 0 Å². The van der Waals surface area contributed by atoms with Gasteiger partial charge in [0, 0.05) is 56.6 Å². The van der Waals surface area contributed by atoms with Crippen LogP contribution in [0.1, 0.15) is 23.7 Å². The van der Waals surface area contributed by atoms with Gasteiger partial charge in [-0.1, -0.05) is 18.2 Å². The number of Topliss-reactive ketones (excluding diaryl/α,β-unsaturated/α-hetero) is 1. The van der Waals surface area contributed by atoms with Gasteiger partial charge >= 0.3 is 0 Å². The summed E-state index contributed by atoms with van der Waals surface area (Å²) >= 11 is 0. The molecule has 2 aromatic rings. The van der Waals surface area contributed by atoms with Crippen LogP contribution in [0.25, 0.3) is 0 Å². The number of aromatic nitrogens is 1. The minimum absolute atomic E-state index is 0. The number of benzene rings is 1. The highest BCUT2D eigenvalue weighted by Crippen LogP contribution is 2.14. The summed E-state index contributed by atoms with van der Waals surface area (Å²) in [6, 6.07) is 13.0. The van der Waals surface area contributed by atoms with Crippen LogP contribution in [0.15, 0.2) is 48.7 Å². The van der Waals surface area contributed by atoms with E-state index in [2.05, 4.69) is 20.1 Å². The molecule has 2 heterocycles. The predicted molar refractivity (Wildman–Crippen MR) is 121 cm³/mol. The summed E-state index contributed by atoms with van der Waals surface area (Å²) in [6.45, 7) is 5.92. The SMILES string of the molecule is CC(=O)c1cccc(NC(=O)CCN2CCN(c3ccccn3)CC2)c1.Cl.Cl.O. The van der Waals surface area contributed by atoms with Gasteiger partial charge in [0.1, 0.15) is 5.82 Å². The third-order valence-corrected chi connectivity index (χ3v) is 4.55. The molecule has 29 heavy (non-hydrogen) atoms. The average molecular weight is 443 g/mol. The van der Waals surface area contributed by atoms with Crippen LogP contribution in [0.4, 0.5) is 11.5 Å². The Labute approximate surface area is 183 Å². The fourth-order valence-corrected chi connectivity index (χ4v) is 3.04. The van der Waals surface area contributed by atoms with E-state index in [1.165, 1.54) is 6.92 Å². The lowest BCUT2D eigenvalue weighted by atomic mass is 10.1. The number of carbonyl (C=O) groups excluding carboxylic acids is 2. The summed E-state index contributed by atoms with van der Waals surface area (Å²) in [5.74, 6) is 0.972. The topological polar surface area (TPSA) is 97.0 Å². The van der Waals surface area contributed by atoms with Crippen molar-refractivity contribution in [2.45, 2.75) is 13.3 Å². The molecule has 1 aromatic carbocycles. The minimum atomic E-state index is -0.0298. The van der Waals surface area contributed by atoms with Crippen molar-refractivity contribution in [2.75, 3.05) is 42.9 Å². The van der Waals surface area contributed by atoms with E-state index < -0.39 is 0 Å². The Hall–Kier alpha value is -2.19. The molecule has 9 heteroatoms. The Balaban J connectivity index is 0.00000261. The number of nitrogens with zero attached hydrogens (tertiary/aromatic N) is 3. The molecule has 0 bridgehead atoms. The molecule has 160 valence electrons. The lowest BCUT2D eigenvalue weighted by Gasteiger charge is -2.35. The summed E-state index contributed by atoms with van der Waals surface area (Å²) < 4.78 is 0. The van der Waals surface area contributed by atoms with Gasteiger partial charge in [-0.05, 0) is 31.2 Å². The lowest BCUT2D eigenvalue weighted by molar-refractivity contribution is -0.116. The third-order valence-electron chi connectivity index (χ3n) is 4.55. The summed E-state index contributed by atoms with van der Waals surface area (Å²) in [4.78, 5) is 32.5. The number of carbonyl (C=O) groups is 2. The van der Waals surface area contributed by atoms with Crippen molar-refractivity contribution in [3.05, 3.63) is 54.2 Å². The van der Waals surface area contributed by atoms with E-state index in [-0.39, 0.29) is 42.0 Å². The predicted octanol–water partition coefficient (Wildman–Crippen LogP) is 2.45. The van der Waals surface area contributed by atoms with Crippen molar-refractivity contribution < 1.29 is 15.1 Å². The maximum Gasteiger partial charge on any atom is 0.225 e. The zero-order chi connectivity index (χ0) is 18.4. The molecule has 1 saturated heterocycles. The number of ketones is 1. The summed E-state index contributed by atoms with van der Waals surface area (Å²) in [5, 5.41) is 2.87. The van der Waals surface area contributed by atoms with E-state index in [0.717, 1.165) is 38.5 Å². The van der Waals surface area contributed by atoms with Gasteiger partial charge in [-0.2, -0.15) is 0 Å². The average Bonchev–Trinajstić information content (AvgIpc) is 2.68. The Morgan fingerprint density at radius 3 is 2.38 bits per heavy atom. The molecule has 1 aliphatic rings. The summed E-state index contributed by atoms with van der Waals surface area (Å²) in [7, 11) is 0. The first-order valence-electron chi connectivity index (χ1n) is 8.91. The van der Waals surface area contributed by atoms with Gasteiger partial charge in [0.2, 0.25) is 5.91 Å². The minimum Gasteiger partial charge on any atom is -0.412 e. The first-order valence-corrected chi connectivity index (χ1v) is 8.91. The number of halogens is 2. The maximum atomic E-state index is 12.2. The van der Waals surface area contributed by atoms with Crippen LogP contribution in [0.3, 0.4) is 0 Å². The largest absolute Gasteiger partial charge is 0.412 e. The van der Waals surface area contributed by atoms with Crippen LogP contribution in [-0.2, 0) is 4.79 Å². The highest BCUT2D eigenvalue weighted by molar-refractivity contribution is 5.97. The van der Waals surface area contributed by atoms with Crippen LogP contribution in [-0.4, -0.2) is 59.8 Å². The smallest absolute Gasteiger partial charge is 0.225 e. The number of pyridine rings is 1. The summed E-state index contributed by atoms with van der Waals surface area (Å²) in [5.41, 5.74) is 1.27. The Kier molecular flexibility index (Phi) is 12.1. The van der Waals surface area contributed by atoms with Crippen molar-refractivity contribution in [1.29, 1.82) is 0 Å². The molecule has 0 unspecified atom stereocenters. The monoisotopic (exact) mass is 442 g/mol. The van der Waals surface area contributed by atoms with Gasteiger partial charge in [0.25, 0.3) is 0 Å². The zero-order valence-electron chi connectivity index (χ0n) is 16.3. The second-order valence-electron chi connectivity index (χ2n) is 6.45. The van der Waals surface area contributed by atoms with Crippen molar-refractivity contribution >= 4 is 48.0 Å². The normalized spacial score (nSPS) is 13.3. The quantitative estimate of drug-likeness (QED) is 0.692.